The standard InChI is InChI=1S/C15H11ClN2O/c16-12-6-4-11(5-7-12)9-15-17-13(10-19)14-3-1-2-8-18(14)15/h1-8,10H,9H2. The summed E-state index contributed by atoms with van der Waals surface area (Å²) in [5.74, 6) is 0.847. The molecule has 2 heterocycles. The molecule has 1 aromatic carbocycles. The normalized spacial score (nSPS) is 10.8. The second-order valence-electron chi connectivity index (χ2n) is 4.29. The van der Waals surface area contributed by atoms with E-state index in [0.717, 1.165) is 23.2 Å². The van der Waals surface area contributed by atoms with Gasteiger partial charge >= 0.3 is 0 Å². The van der Waals surface area contributed by atoms with Crippen LogP contribution in [0.3, 0.4) is 0 Å². The molecular formula is C15H11ClN2O. The minimum absolute atomic E-state index is 0.476. The number of aldehydes is 1. The van der Waals surface area contributed by atoms with E-state index >= 15 is 0 Å². The molecule has 3 nitrogen and oxygen atoms in total. The van der Waals surface area contributed by atoms with Crippen molar-refractivity contribution in [3.63, 3.8) is 0 Å². The van der Waals surface area contributed by atoms with Crippen molar-refractivity contribution < 1.29 is 4.79 Å². The number of hydrogen-bond donors (Lipinski definition) is 0. The molecule has 2 aromatic heterocycles. The molecule has 4 heteroatoms. The Morgan fingerprint density at radius 3 is 2.68 bits per heavy atom. The van der Waals surface area contributed by atoms with E-state index in [0.29, 0.717) is 17.1 Å². The van der Waals surface area contributed by atoms with Gasteiger partial charge in [-0.25, -0.2) is 4.98 Å². The van der Waals surface area contributed by atoms with Gasteiger partial charge in [-0.2, -0.15) is 0 Å². The fourth-order valence-electron chi connectivity index (χ4n) is 2.12. The van der Waals surface area contributed by atoms with Crippen LogP contribution in [0.1, 0.15) is 21.9 Å². The zero-order chi connectivity index (χ0) is 13.2. The number of aromatic nitrogens is 2. The lowest BCUT2D eigenvalue weighted by atomic mass is 10.1. The first-order valence-corrected chi connectivity index (χ1v) is 6.31. The highest BCUT2D eigenvalue weighted by Gasteiger charge is 2.10. The highest BCUT2D eigenvalue weighted by molar-refractivity contribution is 6.30. The summed E-state index contributed by atoms with van der Waals surface area (Å²) in [4.78, 5) is 15.4. The van der Waals surface area contributed by atoms with Gasteiger partial charge in [-0.15, -0.1) is 0 Å². The molecular weight excluding hydrogens is 260 g/mol. The van der Waals surface area contributed by atoms with Crippen molar-refractivity contribution in [2.24, 2.45) is 0 Å². The smallest absolute Gasteiger partial charge is 0.170 e. The molecule has 0 radical (unpaired) electrons. The van der Waals surface area contributed by atoms with E-state index in [1.54, 1.807) is 0 Å². The van der Waals surface area contributed by atoms with E-state index in [1.807, 2.05) is 53.1 Å². The van der Waals surface area contributed by atoms with Crippen LogP contribution in [0.25, 0.3) is 5.52 Å². The van der Waals surface area contributed by atoms with Crippen molar-refractivity contribution in [1.29, 1.82) is 0 Å². The van der Waals surface area contributed by atoms with Crippen molar-refractivity contribution in [3.05, 3.63) is 70.8 Å². The second kappa shape index (κ2) is 4.86. The summed E-state index contributed by atoms with van der Waals surface area (Å²) in [6.45, 7) is 0. The molecule has 0 spiro atoms. The highest BCUT2D eigenvalue weighted by Crippen LogP contribution is 2.16. The molecule has 0 saturated heterocycles. The molecule has 0 aliphatic carbocycles. The third-order valence-electron chi connectivity index (χ3n) is 3.04. The van der Waals surface area contributed by atoms with Crippen molar-refractivity contribution in [3.8, 4) is 0 Å². The van der Waals surface area contributed by atoms with Gasteiger partial charge in [-0.1, -0.05) is 29.8 Å². The molecule has 0 saturated carbocycles. The maximum Gasteiger partial charge on any atom is 0.170 e. The second-order valence-corrected chi connectivity index (χ2v) is 4.73. The Morgan fingerprint density at radius 1 is 1.16 bits per heavy atom. The van der Waals surface area contributed by atoms with Gasteiger partial charge in [0.05, 0.1) is 5.52 Å². The molecule has 0 amide bonds. The molecule has 3 aromatic rings. The van der Waals surface area contributed by atoms with Crippen molar-refractivity contribution in [2.75, 3.05) is 0 Å². The summed E-state index contributed by atoms with van der Waals surface area (Å²) < 4.78 is 1.94. The predicted molar refractivity (Wildman–Crippen MR) is 74.8 cm³/mol. The molecule has 94 valence electrons. The average molecular weight is 271 g/mol. The minimum atomic E-state index is 0.476. The third kappa shape index (κ3) is 2.25. The molecule has 0 fully saturated rings. The first-order valence-electron chi connectivity index (χ1n) is 5.93. The van der Waals surface area contributed by atoms with Crippen LogP contribution in [0, 0.1) is 0 Å². The van der Waals surface area contributed by atoms with Crippen LogP contribution in [0.5, 0.6) is 0 Å². The van der Waals surface area contributed by atoms with Gasteiger partial charge in [-0.3, -0.25) is 4.79 Å². The summed E-state index contributed by atoms with van der Waals surface area (Å²) in [5, 5.41) is 0.713. The molecule has 0 aliphatic rings. The number of fused-ring (bicyclic) bond motifs is 1. The van der Waals surface area contributed by atoms with Crippen LogP contribution in [0.2, 0.25) is 5.02 Å². The summed E-state index contributed by atoms with van der Waals surface area (Å²) in [6, 6.07) is 13.4. The zero-order valence-electron chi connectivity index (χ0n) is 10.1. The number of carbonyl (C=O) groups is 1. The van der Waals surface area contributed by atoms with Crippen LogP contribution in [-0.2, 0) is 6.42 Å². The van der Waals surface area contributed by atoms with Gasteiger partial charge in [0.15, 0.2) is 6.29 Å². The maximum absolute atomic E-state index is 11.0. The quantitative estimate of drug-likeness (QED) is 0.684. The van der Waals surface area contributed by atoms with E-state index in [4.69, 9.17) is 11.6 Å². The molecule has 0 atom stereocenters. The highest BCUT2D eigenvalue weighted by atomic mass is 35.5. The van der Waals surface area contributed by atoms with Gasteiger partial charge in [0.1, 0.15) is 11.5 Å². The van der Waals surface area contributed by atoms with Crippen molar-refractivity contribution in [1.82, 2.24) is 9.38 Å². The Labute approximate surface area is 115 Å². The van der Waals surface area contributed by atoms with Crippen LogP contribution in [0.15, 0.2) is 48.7 Å². The van der Waals surface area contributed by atoms with Gasteiger partial charge in [0.25, 0.3) is 0 Å². The fraction of sp³-hybridized carbons (Fsp3) is 0.0667. The Balaban J connectivity index is 2.05. The Bertz CT molecular complexity index is 731. The van der Waals surface area contributed by atoms with E-state index < -0.39 is 0 Å². The number of halogens is 1. The molecule has 0 aliphatic heterocycles. The SMILES string of the molecule is O=Cc1nc(Cc2ccc(Cl)cc2)n2ccccc12. The zero-order valence-corrected chi connectivity index (χ0v) is 10.8. The van der Waals surface area contributed by atoms with E-state index in [9.17, 15) is 4.79 Å². The minimum Gasteiger partial charge on any atom is -0.303 e. The number of rotatable bonds is 3. The van der Waals surface area contributed by atoms with E-state index in [-0.39, 0.29) is 0 Å². The van der Waals surface area contributed by atoms with Crippen LogP contribution in [-0.4, -0.2) is 15.7 Å². The average Bonchev–Trinajstić information content (AvgIpc) is 2.80. The van der Waals surface area contributed by atoms with Crippen LogP contribution < -0.4 is 0 Å². The lowest BCUT2D eigenvalue weighted by Crippen LogP contribution is -1.95. The Hall–Kier alpha value is -2.13. The molecule has 0 N–H and O–H groups in total. The van der Waals surface area contributed by atoms with Gasteiger partial charge in [0, 0.05) is 17.6 Å². The predicted octanol–water partition coefficient (Wildman–Crippen LogP) is 3.39. The Kier molecular flexibility index (Phi) is 3.05. The number of imidazole rings is 1. The monoisotopic (exact) mass is 270 g/mol. The van der Waals surface area contributed by atoms with E-state index in [2.05, 4.69) is 4.98 Å². The van der Waals surface area contributed by atoms with Crippen LogP contribution in [0.4, 0.5) is 0 Å². The van der Waals surface area contributed by atoms with Gasteiger partial charge < -0.3 is 4.40 Å². The first kappa shape index (κ1) is 11.9. The number of hydrogen-bond acceptors (Lipinski definition) is 2. The van der Waals surface area contributed by atoms with Gasteiger partial charge in [0.2, 0.25) is 0 Å². The fourth-order valence-corrected chi connectivity index (χ4v) is 2.25. The van der Waals surface area contributed by atoms with Crippen LogP contribution >= 0.6 is 11.6 Å². The lowest BCUT2D eigenvalue weighted by molar-refractivity contribution is 0.112. The van der Waals surface area contributed by atoms with Gasteiger partial charge in [-0.05, 0) is 29.8 Å². The molecule has 0 unspecified atom stereocenters. The number of nitrogens with zero attached hydrogens (tertiary/aromatic N) is 2. The summed E-state index contributed by atoms with van der Waals surface area (Å²) in [5.41, 5.74) is 2.42. The largest absolute Gasteiger partial charge is 0.303 e. The number of pyridine rings is 1. The van der Waals surface area contributed by atoms with E-state index in [1.165, 1.54) is 0 Å². The third-order valence-corrected chi connectivity index (χ3v) is 3.29. The molecule has 19 heavy (non-hydrogen) atoms. The van der Waals surface area contributed by atoms with Crippen molar-refractivity contribution >= 4 is 23.4 Å². The Morgan fingerprint density at radius 2 is 1.95 bits per heavy atom. The summed E-state index contributed by atoms with van der Waals surface area (Å²) >= 11 is 5.87. The number of carbonyl (C=O) groups excluding carboxylic acids is 1. The topological polar surface area (TPSA) is 34.4 Å². The number of benzene rings is 1. The molecule has 3 rings (SSSR count). The maximum atomic E-state index is 11.0. The lowest BCUT2D eigenvalue weighted by Gasteiger charge is -2.01. The summed E-state index contributed by atoms with van der Waals surface area (Å²) in [7, 11) is 0. The summed E-state index contributed by atoms with van der Waals surface area (Å²) in [6.07, 6.45) is 3.37. The molecule has 0 bridgehead atoms. The first-order chi connectivity index (χ1) is 9.28. The van der Waals surface area contributed by atoms with Crippen molar-refractivity contribution in [2.45, 2.75) is 6.42 Å².